The molecule has 1 unspecified atom stereocenters. The van der Waals surface area contributed by atoms with Crippen LogP contribution in [0, 0.1) is 6.92 Å². The van der Waals surface area contributed by atoms with Crippen LogP contribution >= 0.6 is 15.9 Å². The molecule has 1 atom stereocenters. The molecule has 2 aromatic rings. The summed E-state index contributed by atoms with van der Waals surface area (Å²) >= 11 is 3.54. The molecule has 0 radical (unpaired) electrons. The van der Waals surface area contributed by atoms with Gasteiger partial charge in [-0.15, -0.1) is 0 Å². The fourth-order valence-electron chi connectivity index (χ4n) is 2.90. The van der Waals surface area contributed by atoms with Crippen molar-refractivity contribution >= 4 is 15.9 Å². The molecule has 0 fully saturated rings. The van der Waals surface area contributed by atoms with Gasteiger partial charge >= 0.3 is 0 Å². The number of benzene rings is 2. The maximum absolute atomic E-state index is 10.6. The number of aryl methyl sites for hydroxylation is 3. The first kappa shape index (κ1) is 13.8. The van der Waals surface area contributed by atoms with Gasteiger partial charge in [-0.3, -0.25) is 0 Å². The van der Waals surface area contributed by atoms with E-state index in [1.807, 2.05) is 18.2 Å². The smallest absolute Gasteiger partial charge is 0.104 e. The van der Waals surface area contributed by atoms with Gasteiger partial charge in [-0.1, -0.05) is 46.3 Å². The zero-order valence-electron chi connectivity index (χ0n) is 11.7. The lowest BCUT2D eigenvalue weighted by molar-refractivity contribution is 0.220. The van der Waals surface area contributed by atoms with Crippen LogP contribution < -0.4 is 0 Å². The second kappa shape index (κ2) is 5.71. The Labute approximate surface area is 128 Å². The van der Waals surface area contributed by atoms with Crippen LogP contribution in [-0.2, 0) is 12.8 Å². The standard InChI is InChI=1S/C18H19BrO/c1-12-6-7-16(11-17(12)19)18(20)15-9-8-13-4-2-3-5-14(13)10-15/h6-11,18,20H,2-5H2,1H3. The first-order valence-corrected chi connectivity index (χ1v) is 8.00. The summed E-state index contributed by atoms with van der Waals surface area (Å²) in [6.45, 7) is 2.05. The van der Waals surface area contributed by atoms with Gasteiger partial charge in [-0.05, 0) is 66.5 Å². The van der Waals surface area contributed by atoms with Crippen molar-refractivity contribution in [3.8, 4) is 0 Å². The maximum Gasteiger partial charge on any atom is 0.104 e. The highest BCUT2D eigenvalue weighted by Crippen LogP contribution is 2.29. The number of rotatable bonds is 2. The molecule has 2 heteroatoms. The first-order valence-electron chi connectivity index (χ1n) is 7.21. The number of hydrogen-bond donors (Lipinski definition) is 1. The van der Waals surface area contributed by atoms with Crippen LogP contribution in [0.25, 0.3) is 0 Å². The lowest BCUT2D eigenvalue weighted by atomic mass is 9.88. The van der Waals surface area contributed by atoms with Crippen LogP contribution in [0.15, 0.2) is 40.9 Å². The van der Waals surface area contributed by atoms with E-state index in [1.165, 1.54) is 36.0 Å². The topological polar surface area (TPSA) is 20.2 Å². The average molecular weight is 331 g/mol. The molecular weight excluding hydrogens is 312 g/mol. The molecule has 0 aliphatic heterocycles. The highest BCUT2D eigenvalue weighted by Gasteiger charge is 2.15. The molecule has 1 aliphatic rings. The van der Waals surface area contributed by atoms with Gasteiger partial charge in [-0.25, -0.2) is 0 Å². The van der Waals surface area contributed by atoms with Gasteiger partial charge in [-0.2, -0.15) is 0 Å². The van der Waals surface area contributed by atoms with Gasteiger partial charge in [0.2, 0.25) is 0 Å². The first-order chi connectivity index (χ1) is 9.65. The molecule has 0 spiro atoms. The second-order valence-corrected chi connectivity index (χ2v) is 6.50. The molecule has 3 rings (SSSR count). The van der Waals surface area contributed by atoms with Crippen LogP contribution in [0.3, 0.4) is 0 Å². The van der Waals surface area contributed by atoms with Gasteiger partial charge in [0.1, 0.15) is 6.10 Å². The Hall–Kier alpha value is -1.12. The van der Waals surface area contributed by atoms with Crippen molar-refractivity contribution in [2.45, 2.75) is 38.7 Å². The summed E-state index contributed by atoms with van der Waals surface area (Å²) in [5.74, 6) is 0. The summed E-state index contributed by atoms with van der Waals surface area (Å²) in [7, 11) is 0. The summed E-state index contributed by atoms with van der Waals surface area (Å²) in [5.41, 5.74) is 6.00. The summed E-state index contributed by atoms with van der Waals surface area (Å²) in [6, 6.07) is 12.5. The molecule has 0 aromatic heterocycles. The zero-order valence-corrected chi connectivity index (χ0v) is 13.3. The van der Waals surface area contributed by atoms with E-state index in [0.717, 1.165) is 22.0 Å². The van der Waals surface area contributed by atoms with Crippen LogP contribution in [0.1, 0.15) is 46.8 Å². The van der Waals surface area contributed by atoms with E-state index >= 15 is 0 Å². The highest BCUT2D eigenvalue weighted by molar-refractivity contribution is 9.10. The Balaban J connectivity index is 1.93. The van der Waals surface area contributed by atoms with Crippen molar-refractivity contribution in [1.82, 2.24) is 0 Å². The van der Waals surface area contributed by atoms with Crippen LogP contribution in [0.5, 0.6) is 0 Å². The van der Waals surface area contributed by atoms with Crippen molar-refractivity contribution in [2.75, 3.05) is 0 Å². The Kier molecular flexibility index (Phi) is 3.95. The maximum atomic E-state index is 10.6. The molecule has 1 aliphatic carbocycles. The summed E-state index contributed by atoms with van der Waals surface area (Å²) in [4.78, 5) is 0. The van der Waals surface area contributed by atoms with Crippen molar-refractivity contribution in [3.63, 3.8) is 0 Å². The Morgan fingerprint density at radius 3 is 2.35 bits per heavy atom. The lowest BCUT2D eigenvalue weighted by Crippen LogP contribution is -2.06. The molecule has 0 heterocycles. The second-order valence-electron chi connectivity index (χ2n) is 5.65. The van der Waals surface area contributed by atoms with Gasteiger partial charge < -0.3 is 5.11 Å². The fraction of sp³-hybridized carbons (Fsp3) is 0.333. The Bertz CT molecular complexity index is 633. The largest absolute Gasteiger partial charge is 0.384 e. The van der Waals surface area contributed by atoms with E-state index in [1.54, 1.807) is 0 Å². The van der Waals surface area contributed by atoms with E-state index in [9.17, 15) is 5.11 Å². The van der Waals surface area contributed by atoms with E-state index < -0.39 is 6.10 Å². The third-order valence-electron chi connectivity index (χ3n) is 4.20. The molecule has 0 saturated heterocycles. The number of aliphatic hydroxyl groups excluding tert-OH is 1. The van der Waals surface area contributed by atoms with Gasteiger partial charge in [0.15, 0.2) is 0 Å². The van der Waals surface area contributed by atoms with Gasteiger partial charge in [0, 0.05) is 4.47 Å². The number of aliphatic hydroxyl groups is 1. The fourth-order valence-corrected chi connectivity index (χ4v) is 3.29. The molecule has 1 N–H and O–H groups in total. The number of halogens is 1. The van der Waals surface area contributed by atoms with E-state index in [4.69, 9.17) is 0 Å². The molecule has 2 aromatic carbocycles. The number of fused-ring (bicyclic) bond motifs is 1. The molecule has 0 amide bonds. The normalized spacial score (nSPS) is 15.8. The molecule has 1 nitrogen and oxygen atoms in total. The highest BCUT2D eigenvalue weighted by atomic mass is 79.9. The van der Waals surface area contributed by atoms with Crippen molar-refractivity contribution in [3.05, 3.63) is 68.7 Å². The lowest BCUT2D eigenvalue weighted by Gasteiger charge is -2.19. The third-order valence-corrected chi connectivity index (χ3v) is 5.05. The van der Waals surface area contributed by atoms with Gasteiger partial charge in [0.05, 0.1) is 0 Å². The quantitative estimate of drug-likeness (QED) is 0.844. The van der Waals surface area contributed by atoms with Crippen LogP contribution in [0.4, 0.5) is 0 Å². The van der Waals surface area contributed by atoms with E-state index in [2.05, 4.69) is 41.1 Å². The van der Waals surface area contributed by atoms with Crippen molar-refractivity contribution in [1.29, 1.82) is 0 Å². The minimum absolute atomic E-state index is 0.542. The Morgan fingerprint density at radius 2 is 1.60 bits per heavy atom. The molecular formula is C18H19BrO. The van der Waals surface area contributed by atoms with Gasteiger partial charge in [0.25, 0.3) is 0 Å². The predicted octanol–water partition coefficient (Wildman–Crippen LogP) is 4.72. The number of hydrogen-bond acceptors (Lipinski definition) is 1. The van der Waals surface area contributed by atoms with E-state index in [-0.39, 0.29) is 0 Å². The van der Waals surface area contributed by atoms with Crippen LogP contribution in [0.2, 0.25) is 0 Å². The molecule has 0 saturated carbocycles. The van der Waals surface area contributed by atoms with Crippen molar-refractivity contribution < 1.29 is 5.11 Å². The molecule has 104 valence electrons. The minimum atomic E-state index is -0.542. The Morgan fingerprint density at radius 1 is 0.950 bits per heavy atom. The zero-order chi connectivity index (χ0) is 14.1. The summed E-state index contributed by atoms with van der Waals surface area (Å²) in [5, 5.41) is 10.6. The third kappa shape index (κ3) is 2.68. The van der Waals surface area contributed by atoms with E-state index in [0.29, 0.717) is 0 Å². The summed E-state index contributed by atoms with van der Waals surface area (Å²) < 4.78 is 1.05. The summed E-state index contributed by atoms with van der Waals surface area (Å²) in [6.07, 6.45) is 4.34. The van der Waals surface area contributed by atoms with Crippen LogP contribution in [-0.4, -0.2) is 5.11 Å². The molecule has 20 heavy (non-hydrogen) atoms. The molecule has 0 bridgehead atoms. The average Bonchev–Trinajstić information content (AvgIpc) is 2.49. The predicted molar refractivity (Wildman–Crippen MR) is 86.0 cm³/mol. The van der Waals surface area contributed by atoms with Crippen molar-refractivity contribution in [2.24, 2.45) is 0 Å². The minimum Gasteiger partial charge on any atom is -0.384 e. The SMILES string of the molecule is Cc1ccc(C(O)c2ccc3c(c2)CCCC3)cc1Br. The monoisotopic (exact) mass is 330 g/mol.